The molecule has 1 fully saturated rings. The van der Waals surface area contributed by atoms with Crippen molar-refractivity contribution in [1.82, 2.24) is 25.3 Å². The van der Waals surface area contributed by atoms with Gasteiger partial charge in [0.05, 0.1) is 6.54 Å². The van der Waals surface area contributed by atoms with Crippen molar-refractivity contribution in [3.8, 4) is 0 Å². The smallest absolute Gasteiger partial charge is 0.223 e. The Morgan fingerprint density at radius 2 is 2.18 bits per heavy atom. The quantitative estimate of drug-likeness (QED) is 0.441. The lowest BCUT2D eigenvalue weighted by atomic mass is 10.2. The fraction of sp³-hybridized carbons (Fsp3) is 0.786. The van der Waals surface area contributed by atoms with Gasteiger partial charge in [-0.25, -0.2) is 0 Å². The van der Waals surface area contributed by atoms with Gasteiger partial charge in [0, 0.05) is 33.1 Å². The van der Waals surface area contributed by atoms with Crippen LogP contribution in [0.5, 0.6) is 0 Å². The normalized spacial score (nSPS) is 18.7. The standard InChI is InChI=1S/C14H26N6O.HI/c1-5-19(6-2)12-7-8-20(10-12)14(15-4)16-9-13-17-11(3)21-18-13;/h12H,5-10H2,1-4H3,(H,15,16);1H. The zero-order valence-corrected chi connectivity index (χ0v) is 16.2. The predicted molar refractivity (Wildman–Crippen MR) is 97.5 cm³/mol. The summed E-state index contributed by atoms with van der Waals surface area (Å²) in [5.74, 6) is 2.16. The zero-order valence-electron chi connectivity index (χ0n) is 13.9. The summed E-state index contributed by atoms with van der Waals surface area (Å²) in [5, 5.41) is 7.20. The van der Waals surface area contributed by atoms with Crippen LogP contribution in [0.15, 0.2) is 9.52 Å². The van der Waals surface area contributed by atoms with Crippen molar-refractivity contribution in [3.63, 3.8) is 0 Å². The van der Waals surface area contributed by atoms with Crippen molar-refractivity contribution in [2.45, 2.75) is 39.8 Å². The number of rotatable bonds is 5. The third-order valence-corrected chi connectivity index (χ3v) is 3.98. The molecule has 0 saturated carbocycles. The van der Waals surface area contributed by atoms with E-state index >= 15 is 0 Å². The number of likely N-dealkylation sites (N-methyl/N-ethyl adjacent to an activating group) is 1. The number of aryl methyl sites for hydroxylation is 1. The van der Waals surface area contributed by atoms with Crippen LogP contribution in [0.2, 0.25) is 0 Å². The Balaban J connectivity index is 0.00000242. The largest absolute Gasteiger partial charge is 0.349 e. The lowest BCUT2D eigenvalue weighted by Gasteiger charge is -2.27. The van der Waals surface area contributed by atoms with Crippen molar-refractivity contribution >= 4 is 29.9 Å². The van der Waals surface area contributed by atoms with E-state index in [0.29, 0.717) is 24.3 Å². The molecule has 0 amide bonds. The zero-order chi connectivity index (χ0) is 15.2. The van der Waals surface area contributed by atoms with E-state index in [-0.39, 0.29) is 24.0 Å². The average molecular weight is 422 g/mol. The van der Waals surface area contributed by atoms with Crippen LogP contribution >= 0.6 is 24.0 Å². The molecule has 0 aliphatic carbocycles. The highest BCUT2D eigenvalue weighted by Gasteiger charge is 2.28. The van der Waals surface area contributed by atoms with E-state index in [1.54, 1.807) is 6.92 Å². The van der Waals surface area contributed by atoms with E-state index in [1.165, 1.54) is 6.42 Å². The van der Waals surface area contributed by atoms with Crippen LogP contribution in [0.4, 0.5) is 0 Å². The highest BCUT2D eigenvalue weighted by Crippen LogP contribution is 2.15. The Kier molecular flexibility index (Phi) is 8.08. The van der Waals surface area contributed by atoms with E-state index in [2.05, 4.69) is 44.1 Å². The molecule has 1 saturated heterocycles. The van der Waals surface area contributed by atoms with E-state index in [1.807, 2.05) is 7.05 Å². The molecule has 0 bridgehead atoms. The van der Waals surface area contributed by atoms with Gasteiger partial charge in [-0.3, -0.25) is 9.89 Å². The van der Waals surface area contributed by atoms with Gasteiger partial charge in [-0.15, -0.1) is 24.0 Å². The number of guanidine groups is 1. The summed E-state index contributed by atoms with van der Waals surface area (Å²) in [6, 6.07) is 0.617. The fourth-order valence-electron chi connectivity index (χ4n) is 2.88. The summed E-state index contributed by atoms with van der Waals surface area (Å²) in [4.78, 5) is 13.4. The molecule has 2 rings (SSSR count). The molecule has 1 aliphatic rings. The Hall–Kier alpha value is -0.900. The molecule has 1 unspecified atom stereocenters. The molecular formula is C14H27IN6O. The number of nitrogens with one attached hydrogen (secondary N) is 1. The second-order valence-corrected chi connectivity index (χ2v) is 5.24. The summed E-state index contributed by atoms with van der Waals surface area (Å²) in [6.07, 6.45) is 1.18. The average Bonchev–Trinajstić information content (AvgIpc) is 3.11. The summed E-state index contributed by atoms with van der Waals surface area (Å²) >= 11 is 0. The van der Waals surface area contributed by atoms with Crippen LogP contribution in [0.3, 0.4) is 0 Å². The van der Waals surface area contributed by atoms with Crippen LogP contribution < -0.4 is 5.32 Å². The maximum absolute atomic E-state index is 4.97. The maximum Gasteiger partial charge on any atom is 0.223 e. The maximum atomic E-state index is 4.97. The van der Waals surface area contributed by atoms with Gasteiger partial charge in [0.25, 0.3) is 0 Å². The van der Waals surface area contributed by atoms with Gasteiger partial charge in [-0.05, 0) is 19.5 Å². The Morgan fingerprint density at radius 1 is 1.45 bits per heavy atom. The van der Waals surface area contributed by atoms with E-state index in [9.17, 15) is 0 Å². The van der Waals surface area contributed by atoms with Crippen molar-refractivity contribution < 1.29 is 4.52 Å². The second kappa shape index (κ2) is 9.29. The lowest BCUT2D eigenvalue weighted by Crippen LogP contribution is -2.43. The number of aromatic nitrogens is 2. The summed E-state index contributed by atoms with van der Waals surface area (Å²) in [7, 11) is 1.81. The van der Waals surface area contributed by atoms with Gasteiger partial charge in [-0.2, -0.15) is 4.98 Å². The van der Waals surface area contributed by atoms with Gasteiger partial charge in [0.15, 0.2) is 11.8 Å². The first-order valence-electron chi connectivity index (χ1n) is 7.66. The summed E-state index contributed by atoms with van der Waals surface area (Å²) < 4.78 is 4.97. The number of halogens is 1. The molecule has 126 valence electrons. The van der Waals surface area contributed by atoms with E-state index < -0.39 is 0 Å². The topological polar surface area (TPSA) is 69.8 Å². The van der Waals surface area contributed by atoms with Gasteiger partial charge in [0.2, 0.25) is 5.89 Å². The van der Waals surface area contributed by atoms with Crippen LogP contribution in [0.25, 0.3) is 0 Å². The Morgan fingerprint density at radius 3 is 2.73 bits per heavy atom. The number of likely N-dealkylation sites (tertiary alicyclic amines) is 1. The highest BCUT2D eigenvalue weighted by molar-refractivity contribution is 14.0. The van der Waals surface area contributed by atoms with Crippen LogP contribution in [0, 0.1) is 6.92 Å². The molecule has 1 N–H and O–H groups in total. The fourth-order valence-corrected chi connectivity index (χ4v) is 2.88. The molecule has 8 heteroatoms. The van der Waals surface area contributed by atoms with Crippen molar-refractivity contribution in [1.29, 1.82) is 0 Å². The molecule has 1 atom stereocenters. The van der Waals surface area contributed by atoms with Crippen molar-refractivity contribution in [3.05, 3.63) is 11.7 Å². The Bertz CT molecular complexity index is 474. The molecule has 0 radical (unpaired) electrons. The van der Waals surface area contributed by atoms with Crippen LogP contribution in [-0.4, -0.2) is 65.2 Å². The summed E-state index contributed by atoms with van der Waals surface area (Å²) in [5.41, 5.74) is 0. The van der Waals surface area contributed by atoms with E-state index in [4.69, 9.17) is 4.52 Å². The SMILES string of the molecule is CCN(CC)C1CCN(C(=NC)NCc2noc(C)n2)C1.I. The minimum atomic E-state index is 0. The predicted octanol–water partition coefficient (Wildman–Crippen LogP) is 1.49. The third kappa shape index (κ3) is 4.80. The number of hydrogen-bond acceptors (Lipinski definition) is 5. The van der Waals surface area contributed by atoms with Gasteiger partial charge in [0.1, 0.15) is 0 Å². The van der Waals surface area contributed by atoms with Gasteiger partial charge < -0.3 is 14.7 Å². The third-order valence-electron chi connectivity index (χ3n) is 3.98. The number of nitrogens with zero attached hydrogens (tertiary/aromatic N) is 5. The molecule has 0 aromatic carbocycles. The number of hydrogen-bond donors (Lipinski definition) is 1. The van der Waals surface area contributed by atoms with Crippen molar-refractivity contribution in [2.75, 3.05) is 33.2 Å². The van der Waals surface area contributed by atoms with E-state index in [0.717, 1.165) is 32.1 Å². The monoisotopic (exact) mass is 422 g/mol. The van der Waals surface area contributed by atoms with Gasteiger partial charge >= 0.3 is 0 Å². The Labute approximate surface area is 149 Å². The molecule has 0 spiro atoms. The van der Waals surface area contributed by atoms with Crippen molar-refractivity contribution in [2.24, 2.45) is 4.99 Å². The molecule has 1 aromatic rings. The van der Waals surface area contributed by atoms with Crippen LogP contribution in [0.1, 0.15) is 32.0 Å². The molecule has 1 aromatic heterocycles. The molecule has 22 heavy (non-hydrogen) atoms. The molecule has 7 nitrogen and oxygen atoms in total. The summed E-state index contributed by atoms with van der Waals surface area (Å²) in [6.45, 7) is 11.0. The second-order valence-electron chi connectivity index (χ2n) is 5.24. The minimum absolute atomic E-state index is 0. The molecule has 1 aliphatic heterocycles. The minimum Gasteiger partial charge on any atom is -0.349 e. The van der Waals surface area contributed by atoms with Gasteiger partial charge in [-0.1, -0.05) is 19.0 Å². The molecular weight excluding hydrogens is 395 g/mol. The first-order chi connectivity index (χ1) is 10.2. The lowest BCUT2D eigenvalue weighted by molar-refractivity contribution is 0.223. The van der Waals surface area contributed by atoms with Crippen LogP contribution in [-0.2, 0) is 6.54 Å². The molecule has 2 heterocycles. The first kappa shape index (κ1) is 19.1. The first-order valence-corrected chi connectivity index (χ1v) is 7.66. The highest BCUT2D eigenvalue weighted by atomic mass is 127. The number of aliphatic imine (C=N–C) groups is 1.